The topological polar surface area (TPSA) is 133 Å². The lowest BCUT2D eigenvalue weighted by atomic mass is 9.85. The number of hydrogen-bond donors (Lipinski definition) is 0. The van der Waals surface area contributed by atoms with Crippen molar-refractivity contribution in [2.24, 2.45) is 0 Å². The van der Waals surface area contributed by atoms with Crippen LogP contribution in [0.25, 0.3) is 0 Å². The van der Waals surface area contributed by atoms with E-state index in [2.05, 4.69) is 0 Å². The first-order valence-electron chi connectivity index (χ1n) is 14.2. The Hall–Kier alpha value is -3.80. The van der Waals surface area contributed by atoms with Crippen molar-refractivity contribution in [3.8, 4) is 5.75 Å². The number of carbonyl (C=O) groups excluding carboxylic acids is 4. The molecule has 43 heavy (non-hydrogen) atoms. The Morgan fingerprint density at radius 1 is 0.860 bits per heavy atom. The molecule has 2 aromatic carbocycles. The Kier molecular flexibility index (Phi) is 10.5. The molecule has 6 atom stereocenters. The molecule has 0 unspecified atom stereocenters. The lowest BCUT2D eigenvalue weighted by Crippen LogP contribution is -2.66. The third-order valence-electron chi connectivity index (χ3n) is 7.23. The van der Waals surface area contributed by atoms with Crippen molar-refractivity contribution >= 4 is 23.7 Å². The molecule has 2 aromatic rings. The van der Waals surface area contributed by atoms with E-state index < -0.39 is 48.1 Å². The highest BCUT2D eigenvalue weighted by Gasteiger charge is 2.61. The monoisotopic (exact) mass is 598 g/mol. The van der Waals surface area contributed by atoms with E-state index in [1.54, 1.807) is 12.1 Å². The van der Waals surface area contributed by atoms with E-state index >= 15 is 0 Å². The van der Waals surface area contributed by atoms with E-state index in [0.717, 1.165) is 23.3 Å². The summed E-state index contributed by atoms with van der Waals surface area (Å²) in [6.45, 7) is 6.19. The van der Waals surface area contributed by atoms with Crippen LogP contribution in [0.2, 0.25) is 0 Å². The van der Waals surface area contributed by atoms with E-state index in [4.69, 9.17) is 33.2 Å². The average molecular weight is 599 g/mol. The zero-order valence-corrected chi connectivity index (χ0v) is 25.0. The van der Waals surface area contributed by atoms with Gasteiger partial charge in [-0.15, -0.1) is 0 Å². The molecule has 4 rings (SSSR count). The summed E-state index contributed by atoms with van der Waals surface area (Å²) in [6, 6.07) is 15.1. The Morgan fingerprint density at radius 3 is 2.12 bits per heavy atom. The smallest absolute Gasteiger partial charge is 0.303 e. The highest BCUT2D eigenvalue weighted by molar-refractivity contribution is 5.76. The molecule has 2 aliphatic heterocycles. The van der Waals surface area contributed by atoms with Crippen molar-refractivity contribution in [2.75, 3.05) is 20.3 Å². The van der Waals surface area contributed by atoms with Crippen molar-refractivity contribution in [1.29, 1.82) is 0 Å². The van der Waals surface area contributed by atoms with Crippen LogP contribution in [0.15, 0.2) is 48.5 Å². The first-order valence-corrected chi connectivity index (χ1v) is 14.2. The molecule has 11 nitrogen and oxygen atoms in total. The number of ether oxygens (including phenoxy) is 7. The van der Waals surface area contributed by atoms with E-state index in [0.29, 0.717) is 25.2 Å². The van der Waals surface area contributed by atoms with Crippen LogP contribution in [-0.2, 0) is 59.8 Å². The van der Waals surface area contributed by atoms with Crippen LogP contribution in [0.5, 0.6) is 5.75 Å². The minimum atomic E-state index is -1.82. The lowest BCUT2D eigenvalue weighted by Gasteiger charge is -2.50. The van der Waals surface area contributed by atoms with Gasteiger partial charge in [0, 0.05) is 46.3 Å². The maximum atomic E-state index is 12.4. The lowest BCUT2D eigenvalue weighted by molar-refractivity contribution is -0.364. The van der Waals surface area contributed by atoms with Gasteiger partial charge in [-0.3, -0.25) is 19.2 Å². The van der Waals surface area contributed by atoms with Crippen LogP contribution in [0.1, 0.15) is 57.2 Å². The number of carbonyl (C=O) groups is 4. The molecule has 2 heterocycles. The van der Waals surface area contributed by atoms with Crippen molar-refractivity contribution < 1.29 is 52.3 Å². The summed E-state index contributed by atoms with van der Waals surface area (Å²) in [5, 5.41) is 0. The summed E-state index contributed by atoms with van der Waals surface area (Å²) in [5.41, 5.74) is 2.35. The normalized spacial score (nSPS) is 26.8. The molecule has 2 saturated heterocycles. The molecule has 11 heteroatoms. The molecule has 0 aliphatic carbocycles. The van der Waals surface area contributed by atoms with Gasteiger partial charge in [-0.05, 0) is 42.7 Å². The van der Waals surface area contributed by atoms with Crippen LogP contribution in [0.4, 0.5) is 0 Å². The van der Waals surface area contributed by atoms with Gasteiger partial charge in [0.1, 0.15) is 23.7 Å². The van der Waals surface area contributed by atoms with E-state index in [1.165, 1.54) is 34.8 Å². The number of methoxy groups -OCH3 is 1. The zero-order chi connectivity index (χ0) is 31.1. The number of Topliss-reactive ketones (excluding diaryl/α,β-unsaturated/α-hetero) is 1. The van der Waals surface area contributed by atoms with Crippen LogP contribution in [-0.4, -0.2) is 74.5 Å². The number of rotatable bonds is 11. The molecular formula is C32H38O11. The van der Waals surface area contributed by atoms with Crippen molar-refractivity contribution in [2.45, 2.75) is 83.3 Å². The summed E-state index contributed by atoms with van der Waals surface area (Å²) in [5.74, 6) is -3.43. The first-order chi connectivity index (χ1) is 20.5. The van der Waals surface area contributed by atoms with Gasteiger partial charge in [0.05, 0.1) is 13.2 Å². The summed E-state index contributed by atoms with van der Waals surface area (Å²) in [4.78, 5) is 49.0. The maximum Gasteiger partial charge on any atom is 0.303 e. The zero-order valence-electron chi connectivity index (χ0n) is 25.0. The van der Waals surface area contributed by atoms with E-state index in [-0.39, 0.29) is 18.3 Å². The van der Waals surface area contributed by atoms with Crippen LogP contribution >= 0.6 is 0 Å². The Bertz CT molecular complexity index is 1300. The number of benzene rings is 2. The van der Waals surface area contributed by atoms with Gasteiger partial charge in [0.25, 0.3) is 0 Å². The largest absolute Gasteiger partial charge is 0.488 e. The second-order valence-electron chi connectivity index (χ2n) is 10.7. The van der Waals surface area contributed by atoms with Gasteiger partial charge < -0.3 is 33.2 Å². The van der Waals surface area contributed by atoms with Crippen LogP contribution in [0, 0.1) is 0 Å². The fourth-order valence-electron chi connectivity index (χ4n) is 5.51. The highest BCUT2D eigenvalue weighted by atomic mass is 16.7. The fourth-order valence-corrected chi connectivity index (χ4v) is 5.51. The molecule has 232 valence electrons. The van der Waals surface area contributed by atoms with Crippen molar-refractivity contribution in [1.82, 2.24) is 0 Å². The number of ketones is 1. The van der Waals surface area contributed by atoms with Crippen molar-refractivity contribution in [3.05, 3.63) is 65.2 Å². The summed E-state index contributed by atoms with van der Waals surface area (Å²) >= 11 is 0. The van der Waals surface area contributed by atoms with Gasteiger partial charge in [-0.25, -0.2) is 0 Å². The molecule has 2 fully saturated rings. The van der Waals surface area contributed by atoms with Crippen LogP contribution in [0.3, 0.4) is 0 Å². The standard InChI is InChI=1S/C32H38O11/c1-19(33)15-28-29(39-20(2)34)30(40-21(3)35)31(41-22(4)36)32(37-5,43-28)25-8-6-7-24(17-25)16-23-9-11-26(12-10-23)42-27-13-14-38-18-27/h6-12,17,27-31H,13-16,18H2,1-5H3/t27-,28-,29-,30+,31-,32+/m1/s1. The minimum Gasteiger partial charge on any atom is -0.488 e. The Labute approximate surface area is 250 Å². The molecule has 0 spiro atoms. The summed E-state index contributed by atoms with van der Waals surface area (Å²) < 4.78 is 40.5. The molecule has 0 bridgehead atoms. The summed E-state index contributed by atoms with van der Waals surface area (Å²) in [6.07, 6.45) is -3.80. The fraction of sp³-hybridized carbons (Fsp3) is 0.500. The second kappa shape index (κ2) is 14.1. The first kappa shape index (κ1) is 32.1. The van der Waals surface area contributed by atoms with Gasteiger partial charge in [-0.2, -0.15) is 0 Å². The predicted octanol–water partition coefficient (Wildman–Crippen LogP) is 3.42. The Balaban J connectivity index is 1.70. The molecule has 0 saturated carbocycles. The quantitative estimate of drug-likeness (QED) is 0.278. The number of esters is 3. The van der Waals surface area contributed by atoms with E-state index in [1.807, 2.05) is 36.4 Å². The minimum absolute atomic E-state index is 0.0523. The van der Waals surface area contributed by atoms with Gasteiger partial charge in [-0.1, -0.05) is 30.3 Å². The molecule has 0 N–H and O–H groups in total. The van der Waals surface area contributed by atoms with Gasteiger partial charge >= 0.3 is 17.9 Å². The molecular weight excluding hydrogens is 560 g/mol. The van der Waals surface area contributed by atoms with Gasteiger partial charge in [0.15, 0.2) is 12.2 Å². The third-order valence-corrected chi connectivity index (χ3v) is 7.23. The SMILES string of the molecule is CO[C@@]1(c2cccc(Cc3ccc(O[C@@H]4CCOC4)cc3)c2)O[C@H](CC(C)=O)[C@@H](OC(C)=O)[C@H](OC(C)=O)[C@H]1OC(C)=O. The molecule has 2 aliphatic rings. The second-order valence-corrected chi connectivity index (χ2v) is 10.7. The average Bonchev–Trinajstić information content (AvgIpc) is 3.45. The molecule has 0 amide bonds. The van der Waals surface area contributed by atoms with Gasteiger partial charge in [0.2, 0.25) is 11.9 Å². The van der Waals surface area contributed by atoms with E-state index in [9.17, 15) is 19.2 Å². The maximum absolute atomic E-state index is 12.4. The van der Waals surface area contributed by atoms with Crippen LogP contribution < -0.4 is 4.74 Å². The molecule has 0 radical (unpaired) electrons. The molecule has 0 aromatic heterocycles. The van der Waals surface area contributed by atoms with Crippen molar-refractivity contribution in [3.63, 3.8) is 0 Å². The summed E-state index contributed by atoms with van der Waals surface area (Å²) in [7, 11) is 1.36. The Morgan fingerprint density at radius 2 is 1.53 bits per heavy atom. The third kappa shape index (κ3) is 7.98. The number of hydrogen-bond acceptors (Lipinski definition) is 11. The predicted molar refractivity (Wildman–Crippen MR) is 151 cm³/mol. The highest BCUT2D eigenvalue weighted by Crippen LogP contribution is 2.44.